The fourth-order valence-electron chi connectivity index (χ4n) is 1.19. The zero-order valence-electron chi connectivity index (χ0n) is 7.76. The lowest BCUT2D eigenvalue weighted by Gasteiger charge is -1.89. The second-order valence-corrected chi connectivity index (χ2v) is 3.89. The molecule has 0 aromatic carbocycles. The van der Waals surface area contributed by atoms with Crippen molar-refractivity contribution in [3.8, 4) is 10.6 Å². The smallest absolute Gasteiger partial charge is 0.400 e. The van der Waals surface area contributed by atoms with Gasteiger partial charge in [0, 0.05) is 0 Å². The van der Waals surface area contributed by atoms with Gasteiger partial charge in [-0.05, 0) is 13.0 Å². The van der Waals surface area contributed by atoms with Crippen molar-refractivity contribution in [3.05, 3.63) is 27.9 Å². The Morgan fingerprint density at radius 2 is 2.33 bits per heavy atom. The van der Waals surface area contributed by atoms with Gasteiger partial charge in [-0.15, -0.1) is 0 Å². The molecule has 0 bridgehead atoms. The summed E-state index contributed by atoms with van der Waals surface area (Å²) in [7, 11) is 0. The molecule has 2 N–H and O–H groups in total. The Hall–Kier alpha value is -1.89. The molecule has 0 radical (unpaired) electrons. The van der Waals surface area contributed by atoms with Crippen molar-refractivity contribution in [2.45, 2.75) is 6.92 Å². The van der Waals surface area contributed by atoms with Crippen LogP contribution >= 0.6 is 11.3 Å². The van der Waals surface area contributed by atoms with Crippen LogP contribution in [0.2, 0.25) is 0 Å². The third-order valence-corrected chi connectivity index (χ3v) is 2.81. The van der Waals surface area contributed by atoms with Crippen LogP contribution in [0.4, 0.5) is 11.0 Å². The van der Waals surface area contributed by atoms with Crippen LogP contribution in [0.3, 0.4) is 0 Å². The molecule has 15 heavy (non-hydrogen) atoms. The van der Waals surface area contributed by atoms with Crippen LogP contribution in [0.15, 0.2) is 16.5 Å². The number of nitrogens with zero attached hydrogens (tertiary/aromatic N) is 2. The van der Waals surface area contributed by atoms with Gasteiger partial charge in [0.05, 0.1) is 16.6 Å². The summed E-state index contributed by atoms with van der Waals surface area (Å²) in [5.41, 5.74) is 6.23. The predicted molar refractivity (Wildman–Crippen MR) is 55.6 cm³/mol. The fourth-order valence-corrected chi connectivity index (χ4v) is 1.99. The summed E-state index contributed by atoms with van der Waals surface area (Å²) < 4.78 is 5.04. The molecule has 0 saturated heterocycles. The maximum Gasteiger partial charge on any atom is 0.433 e. The first-order valence-electron chi connectivity index (χ1n) is 4.05. The van der Waals surface area contributed by atoms with E-state index >= 15 is 0 Å². The van der Waals surface area contributed by atoms with Crippen molar-refractivity contribution in [2.75, 3.05) is 5.73 Å². The maximum atomic E-state index is 10.4. The minimum atomic E-state index is -0.580. The second kappa shape index (κ2) is 3.35. The molecule has 0 atom stereocenters. The molecular formula is C8H7N3O3S. The van der Waals surface area contributed by atoms with Gasteiger partial charge in [0.25, 0.3) is 0 Å². The lowest BCUT2D eigenvalue weighted by molar-refractivity contribution is -0.401. The van der Waals surface area contributed by atoms with Gasteiger partial charge in [-0.2, -0.15) is 0 Å². The molecule has 2 rings (SSSR count). The molecule has 0 unspecified atom stereocenters. The number of nitrogens with two attached hydrogens (primary N) is 1. The summed E-state index contributed by atoms with van der Waals surface area (Å²) in [5, 5.41) is 10.8. The summed E-state index contributed by atoms with van der Waals surface area (Å²) in [6.45, 7) is 1.77. The Balaban J connectivity index is 2.45. The average molecular weight is 225 g/mol. The standard InChI is InChI=1S/C8H7N3O3S/c1-4-7(15-8(9)10-4)5-2-3-6(14-5)11(12)13/h2-3H,1H3,(H2,9,10). The molecule has 0 aliphatic carbocycles. The Labute approximate surface area is 88.5 Å². The molecule has 0 fully saturated rings. The van der Waals surface area contributed by atoms with Crippen molar-refractivity contribution in [1.82, 2.24) is 4.98 Å². The first-order chi connectivity index (χ1) is 7.08. The highest BCUT2D eigenvalue weighted by molar-refractivity contribution is 7.18. The van der Waals surface area contributed by atoms with E-state index in [0.717, 1.165) is 4.88 Å². The molecule has 78 valence electrons. The zero-order valence-corrected chi connectivity index (χ0v) is 8.58. The highest BCUT2D eigenvalue weighted by atomic mass is 32.1. The molecule has 0 saturated carbocycles. The topological polar surface area (TPSA) is 95.2 Å². The van der Waals surface area contributed by atoms with Gasteiger partial charge in [-0.3, -0.25) is 10.1 Å². The van der Waals surface area contributed by atoms with E-state index < -0.39 is 4.92 Å². The first kappa shape index (κ1) is 9.66. The normalized spacial score (nSPS) is 10.5. The summed E-state index contributed by atoms with van der Waals surface area (Å²) >= 11 is 1.24. The van der Waals surface area contributed by atoms with Crippen molar-refractivity contribution in [3.63, 3.8) is 0 Å². The predicted octanol–water partition coefficient (Wildman–Crippen LogP) is 2.20. The summed E-state index contributed by atoms with van der Waals surface area (Å²) in [6, 6.07) is 2.85. The monoisotopic (exact) mass is 225 g/mol. The number of nitrogen functional groups attached to an aromatic ring is 1. The Kier molecular flexibility index (Phi) is 2.16. The van der Waals surface area contributed by atoms with Crippen LogP contribution in [-0.2, 0) is 0 Å². The van der Waals surface area contributed by atoms with Gasteiger partial charge in [0.2, 0.25) is 0 Å². The van der Waals surface area contributed by atoms with Crippen LogP contribution < -0.4 is 5.73 Å². The lowest BCUT2D eigenvalue weighted by atomic mass is 10.3. The van der Waals surface area contributed by atoms with Crippen LogP contribution in [0.1, 0.15) is 5.69 Å². The maximum absolute atomic E-state index is 10.4. The molecule has 2 aromatic rings. The highest BCUT2D eigenvalue weighted by Gasteiger charge is 2.16. The van der Waals surface area contributed by atoms with E-state index in [2.05, 4.69) is 4.98 Å². The number of hydrogen-bond acceptors (Lipinski definition) is 6. The van der Waals surface area contributed by atoms with Gasteiger partial charge in [0.15, 0.2) is 10.9 Å². The van der Waals surface area contributed by atoms with Gasteiger partial charge >= 0.3 is 5.88 Å². The van der Waals surface area contributed by atoms with E-state index in [-0.39, 0.29) is 5.88 Å². The molecule has 7 heteroatoms. The van der Waals surface area contributed by atoms with Gasteiger partial charge in [-0.25, -0.2) is 4.98 Å². The van der Waals surface area contributed by atoms with Crippen LogP contribution in [-0.4, -0.2) is 9.91 Å². The number of furan rings is 1. The summed E-state index contributed by atoms with van der Waals surface area (Å²) in [4.78, 5) is 14.6. The molecule has 2 aromatic heterocycles. The van der Waals surface area contributed by atoms with Gasteiger partial charge in [-0.1, -0.05) is 11.3 Å². The van der Waals surface area contributed by atoms with Gasteiger partial charge < -0.3 is 10.2 Å². The minimum Gasteiger partial charge on any atom is -0.400 e. The number of anilines is 1. The zero-order chi connectivity index (χ0) is 11.0. The number of aromatic nitrogens is 1. The molecular weight excluding hydrogens is 218 g/mol. The van der Waals surface area contributed by atoms with Gasteiger partial charge in [0.1, 0.15) is 4.92 Å². The molecule has 0 aliphatic heterocycles. The van der Waals surface area contributed by atoms with Crippen LogP contribution in [0.25, 0.3) is 10.6 Å². The van der Waals surface area contributed by atoms with Crippen molar-refractivity contribution in [1.29, 1.82) is 0 Å². The van der Waals surface area contributed by atoms with E-state index in [1.54, 1.807) is 6.92 Å². The number of rotatable bonds is 2. The number of aryl methyl sites for hydroxylation is 1. The average Bonchev–Trinajstić information content (AvgIpc) is 2.71. The number of thiazole rings is 1. The number of nitro groups is 1. The van der Waals surface area contributed by atoms with Crippen LogP contribution in [0, 0.1) is 17.0 Å². The van der Waals surface area contributed by atoms with E-state index in [4.69, 9.17) is 10.2 Å². The summed E-state index contributed by atoms with van der Waals surface area (Å²) in [5.74, 6) is 0.143. The van der Waals surface area contributed by atoms with E-state index in [0.29, 0.717) is 16.6 Å². The summed E-state index contributed by atoms with van der Waals surface area (Å²) in [6.07, 6.45) is 0. The van der Waals surface area contributed by atoms with Crippen molar-refractivity contribution >= 4 is 22.4 Å². The van der Waals surface area contributed by atoms with E-state index in [1.165, 1.54) is 23.5 Å². The largest absolute Gasteiger partial charge is 0.433 e. The molecule has 0 spiro atoms. The molecule has 0 amide bonds. The third-order valence-electron chi connectivity index (χ3n) is 1.81. The lowest BCUT2D eigenvalue weighted by Crippen LogP contribution is -1.82. The van der Waals surface area contributed by atoms with E-state index in [1.807, 2.05) is 0 Å². The first-order valence-corrected chi connectivity index (χ1v) is 4.87. The van der Waals surface area contributed by atoms with E-state index in [9.17, 15) is 10.1 Å². The van der Waals surface area contributed by atoms with Crippen molar-refractivity contribution in [2.24, 2.45) is 0 Å². The molecule has 0 aliphatic rings. The quantitative estimate of drug-likeness (QED) is 0.624. The highest BCUT2D eigenvalue weighted by Crippen LogP contribution is 2.33. The van der Waals surface area contributed by atoms with Crippen LogP contribution in [0.5, 0.6) is 0 Å². The fraction of sp³-hybridized carbons (Fsp3) is 0.125. The number of hydrogen-bond donors (Lipinski definition) is 1. The molecule has 2 heterocycles. The molecule has 6 nitrogen and oxygen atoms in total. The third kappa shape index (κ3) is 1.68. The Bertz CT molecular complexity index is 517. The Morgan fingerprint density at radius 1 is 1.60 bits per heavy atom. The second-order valence-electron chi connectivity index (χ2n) is 2.86. The minimum absolute atomic E-state index is 0.281. The van der Waals surface area contributed by atoms with Crippen molar-refractivity contribution < 1.29 is 9.34 Å². The SMILES string of the molecule is Cc1nc(N)sc1-c1ccc([N+](=O)[O-])o1. The Morgan fingerprint density at radius 3 is 2.80 bits per heavy atom.